The van der Waals surface area contributed by atoms with Gasteiger partial charge in [0.15, 0.2) is 6.61 Å². The number of para-hydroxylation sites is 2. The number of rotatable bonds is 7. The standard InChI is InChI=1S/C12H16N2O4/c1-13-7-6-11(15)14-9-4-2-3-5-10(9)18-8-12(16)17/h2-5,13H,6-8H2,1H3,(H,14,15)(H,16,17). The second-order valence-corrected chi connectivity index (χ2v) is 3.58. The highest BCUT2D eigenvalue weighted by Crippen LogP contribution is 2.23. The highest BCUT2D eigenvalue weighted by atomic mass is 16.5. The van der Waals surface area contributed by atoms with Crippen LogP contribution >= 0.6 is 0 Å². The van der Waals surface area contributed by atoms with E-state index in [2.05, 4.69) is 10.6 Å². The fourth-order valence-corrected chi connectivity index (χ4v) is 1.29. The Labute approximate surface area is 105 Å². The first-order chi connectivity index (χ1) is 8.63. The molecule has 0 saturated carbocycles. The Morgan fingerprint density at radius 3 is 2.72 bits per heavy atom. The third-order valence-electron chi connectivity index (χ3n) is 2.11. The summed E-state index contributed by atoms with van der Waals surface area (Å²) in [5, 5.41) is 14.1. The first-order valence-electron chi connectivity index (χ1n) is 5.51. The van der Waals surface area contributed by atoms with Crippen LogP contribution < -0.4 is 15.4 Å². The fraction of sp³-hybridized carbons (Fsp3) is 0.333. The Kier molecular flexibility index (Phi) is 5.66. The molecular weight excluding hydrogens is 236 g/mol. The number of nitrogens with one attached hydrogen (secondary N) is 2. The second-order valence-electron chi connectivity index (χ2n) is 3.58. The van der Waals surface area contributed by atoms with Crippen LogP contribution in [-0.2, 0) is 9.59 Å². The molecule has 0 aliphatic rings. The highest BCUT2D eigenvalue weighted by Gasteiger charge is 2.08. The molecule has 0 radical (unpaired) electrons. The molecule has 98 valence electrons. The summed E-state index contributed by atoms with van der Waals surface area (Å²) in [5.74, 6) is -0.875. The molecule has 0 saturated heterocycles. The summed E-state index contributed by atoms with van der Waals surface area (Å²) in [5.41, 5.74) is 0.472. The van der Waals surface area contributed by atoms with Gasteiger partial charge in [-0.2, -0.15) is 0 Å². The van der Waals surface area contributed by atoms with Crippen LogP contribution in [0.2, 0.25) is 0 Å². The lowest BCUT2D eigenvalue weighted by Crippen LogP contribution is -2.19. The van der Waals surface area contributed by atoms with Gasteiger partial charge in [-0.3, -0.25) is 4.79 Å². The van der Waals surface area contributed by atoms with E-state index in [4.69, 9.17) is 9.84 Å². The predicted molar refractivity (Wildman–Crippen MR) is 66.7 cm³/mol. The van der Waals surface area contributed by atoms with E-state index in [1.165, 1.54) is 0 Å². The maximum atomic E-state index is 11.5. The molecule has 0 aliphatic carbocycles. The van der Waals surface area contributed by atoms with Crippen LogP contribution in [-0.4, -0.2) is 37.2 Å². The lowest BCUT2D eigenvalue weighted by atomic mass is 10.2. The number of amides is 1. The highest BCUT2D eigenvalue weighted by molar-refractivity contribution is 5.92. The van der Waals surface area contributed by atoms with Crippen molar-refractivity contribution in [1.29, 1.82) is 0 Å². The van der Waals surface area contributed by atoms with Crippen LogP contribution in [0.15, 0.2) is 24.3 Å². The normalized spacial score (nSPS) is 9.83. The van der Waals surface area contributed by atoms with Gasteiger partial charge in [0.25, 0.3) is 0 Å². The summed E-state index contributed by atoms with van der Waals surface area (Å²) in [6.07, 6.45) is 0.337. The molecule has 0 aliphatic heterocycles. The van der Waals surface area contributed by atoms with E-state index < -0.39 is 12.6 Å². The van der Waals surface area contributed by atoms with Crippen LogP contribution in [0.25, 0.3) is 0 Å². The van der Waals surface area contributed by atoms with Gasteiger partial charge < -0.3 is 20.5 Å². The summed E-state index contributed by atoms with van der Waals surface area (Å²) in [6, 6.07) is 6.72. The second kappa shape index (κ2) is 7.29. The van der Waals surface area contributed by atoms with E-state index in [1.54, 1.807) is 31.3 Å². The zero-order valence-corrected chi connectivity index (χ0v) is 10.1. The minimum atomic E-state index is -1.06. The minimum absolute atomic E-state index is 0.157. The molecule has 0 heterocycles. The SMILES string of the molecule is CNCCC(=O)Nc1ccccc1OCC(=O)O. The van der Waals surface area contributed by atoms with Gasteiger partial charge in [0.05, 0.1) is 5.69 Å². The molecule has 0 fully saturated rings. The van der Waals surface area contributed by atoms with Crippen molar-refractivity contribution in [2.45, 2.75) is 6.42 Å². The Balaban J connectivity index is 2.63. The maximum absolute atomic E-state index is 11.5. The Morgan fingerprint density at radius 1 is 1.33 bits per heavy atom. The largest absolute Gasteiger partial charge is 0.480 e. The van der Waals surface area contributed by atoms with E-state index in [1.807, 2.05) is 0 Å². The zero-order chi connectivity index (χ0) is 13.4. The summed E-state index contributed by atoms with van der Waals surface area (Å²) >= 11 is 0. The number of hydrogen-bond acceptors (Lipinski definition) is 4. The van der Waals surface area contributed by atoms with Gasteiger partial charge in [-0.15, -0.1) is 0 Å². The molecule has 0 spiro atoms. The van der Waals surface area contributed by atoms with Crippen LogP contribution in [0.1, 0.15) is 6.42 Å². The van der Waals surface area contributed by atoms with Crippen LogP contribution in [0.3, 0.4) is 0 Å². The number of carboxylic acid groups (broad SMARTS) is 1. The molecule has 1 amide bonds. The number of benzene rings is 1. The van der Waals surface area contributed by atoms with Crippen molar-refractivity contribution in [1.82, 2.24) is 5.32 Å². The van der Waals surface area contributed by atoms with E-state index >= 15 is 0 Å². The average Bonchev–Trinajstić information content (AvgIpc) is 2.35. The van der Waals surface area contributed by atoms with Crippen molar-refractivity contribution in [3.63, 3.8) is 0 Å². The number of anilines is 1. The maximum Gasteiger partial charge on any atom is 0.341 e. The molecule has 1 aromatic carbocycles. The first-order valence-corrected chi connectivity index (χ1v) is 5.51. The van der Waals surface area contributed by atoms with E-state index in [-0.39, 0.29) is 5.91 Å². The van der Waals surface area contributed by atoms with E-state index in [9.17, 15) is 9.59 Å². The van der Waals surface area contributed by atoms with Gasteiger partial charge in [0.2, 0.25) is 5.91 Å². The number of ether oxygens (including phenoxy) is 1. The van der Waals surface area contributed by atoms with Crippen LogP contribution in [0, 0.1) is 0 Å². The smallest absolute Gasteiger partial charge is 0.341 e. The van der Waals surface area contributed by atoms with E-state index in [0.717, 1.165) is 0 Å². The lowest BCUT2D eigenvalue weighted by Gasteiger charge is -2.11. The number of carbonyl (C=O) groups excluding carboxylic acids is 1. The number of carboxylic acids is 1. The van der Waals surface area contributed by atoms with Gasteiger partial charge in [0.1, 0.15) is 5.75 Å². The average molecular weight is 252 g/mol. The molecule has 6 nitrogen and oxygen atoms in total. The lowest BCUT2D eigenvalue weighted by molar-refractivity contribution is -0.139. The molecule has 6 heteroatoms. The molecule has 18 heavy (non-hydrogen) atoms. The van der Waals surface area contributed by atoms with Gasteiger partial charge in [0, 0.05) is 13.0 Å². The van der Waals surface area contributed by atoms with E-state index in [0.29, 0.717) is 24.4 Å². The van der Waals surface area contributed by atoms with Gasteiger partial charge in [-0.25, -0.2) is 4.79 Å². The molecular formula is C12H16N2O4. The topological polar surface area (TPSA) is 87.7 Å². The minimum Gasteiger partial charge on any atom is -0.480 e. The molecule has 0 atom stereocenters. The molecule has 0 unspecified atom stereocenters. The van der Waals surface area contributed by atoms with Crippen LogP contribution in [0.5, 0.6) is 5.75 Å². The van der Waals surface area contributed by atoms with Crippen molar-refractivity contribution in [3.05, 3.63) is 24.3 Å². The Bertz CT molecular complexity index is 420. The number of carbonyl (C=O) groups is 2. The van der Waals surface area contributed by atoms with Crippen molar-refractivity contribution >= 4 is 17.6 Å². The van der Waals surface area contributed by atoms with Crippen molar-refractivity contribution < 1.29 is 19.4 Å². The number of hydrogen-bond donors (Lipinski definition) is 3. The van der Waals surface area contributed by atoms with Gasteiger partial charge in [-0.1, -0.05) is 12.1 Å². The predicted octanol–water partition coefficient (Wildman–Crippen LogP) is 0.698. The third kappa shape index (κ3) is 4.84. The summed E-state index contributed by atoms with van der Waals surface area (Å²) in [7, 11) is 1.76. The Hall–Kier alpha value is -2.08. The van der Waals surface area contributed by atoms with Crippen molar-refractivity contribution in [2.24, 2.45) is 0 Å². The summed E-state index contributed by atoms with van der Waals surface area (Å²) < 4.78 is 5.07. The number of aliphatic carboxylic acids is 1. The molecule has 0 aromatic heterocycles. The third-order valence-corrected chi connectivity index (χ3v) is 2.11. The zero-order valence-electron chi connectivity index (χ0n) is 10.1. The van der Waals surface area contributed by atoms with Crippen molar-refractivity contribution in [3.8, 4) is 5.75 Å². The Morgan fingerprint density at radius 2 is 2.06 bits per heavy atom. The fourth-order valence-electron chi connectivity index (χ4n) is 1.29. The molecule has 1 rings (SSSR count). The van der Waals surface area contributed by atoms with Crippen molar-refractivity contribution in [2.75, 3.05) is 25.5 Å². The van der Waals surface area contributed by atoms with Gasteiger partial charge >= 0.3 is 5.97 Å². The molecule has 1 aromatic rings. The molecule has 0 bridgehead atoms. The molecule has 3 N–H and O–H groups in total. The quantitative estimate of drug-likeness (QED) is 0.664. The van der Waals surface area contributed by atoms with Gasteiger partial charge in [-0.05, 0) is 19.2 Å². The first kappa shape index (κ1) is 14.0. The summed E-state index contributed by atoms with van der Waals surface area (Å²) in [6.45, 7) is 0.132. The van der Waals surface area contributed by atoms with Crippen LogP contribution in [0.4, 0.5) is 5.69 Å². The monoisotopic (exact) mass is 252 g/mol. The summed E-state index contributed by atoms with van der Waals surface area (Å²) in [4.78, 5) is 22.0.